The SMILES string of the molecule is COC12CC(C(=O)Nc3cc(Oc4ccc(N5CCOCC5)cc4)n[nH]3)(C1)C2. The van der Waals surface area contributed by atoms with Gasteiger partial charge in [-0.05, 0) is 43.5 Å². The molecule has 1 aromatic heterocycles. The standard InChI is InChI=1S/C20H24N4O4/c1-26-20-11-19(12-20,13-20)18(25)21-16-10-17(23-22-16)28-15-4-2-14(3-5-15)24-6-8-27-9-7-24/h2-5,10H,6-9,11-13H2,1H3,(H2,21,22,23,25). The van der Waals surface area contributed by atoms with Crippen LogP contribution in [-0.4, -0.2) is 55.1 Å². The Morgan fingerprint density at radius 2 is 1.93 bits per heavy atom. The van der Waals surface area contributed by atoms with Crippen LogP contribution in [0.2, 0.25) is 0 Å². The molecule has 148 valence electrons. The summed E-state index contributed by atoms with van der Waals surface area (Å²) in [7, 11) is 1.72. The van der Waals surface area contributed by atoms with E-state index in [2.05, 4.69) is 20.4 Å². The van der Waals surface area contributed by atoms with Crippen molar-refractivity contribution in [3.05, 3.63) is 30.3 Å². The van der Waals surface area contributed by atoms with Gasteiger partial charge in [-0.1, -0.05) is 0 Å². The van der Waals surface area contributed by atoms with E-state index in [1.807, 2.05) is 24.3 Å². The minimum Gasteiger partial charge on any atom is -0.437 e. The third-order valence-corrected chi connectivity index (χ3v) is 6.13. The average molecular weight is 384 g/mol. The summed E-state index contributed by atoms with van der Waals surface area (Å²) >= 11 is 0. The van der Waals surface area contributed by atoms with Crippen molar-refractivity contribution in [1.82, 2.24) is 10.2 Å². The Kier molecular flexibility index (Phi) is 4.06. The molecule has 4 aliphatic rings. The summed E-state index contributed by atoms with van der Waals surface area (Å²) in [5, 5.41) is 9.86. The van der Waals surface area contributed by atoms with Gasteiger partial charge in [0.1, 0.15) is 11.6 Å². The van der Waals surface area contributed by atoms with Crippen molar-refractivity contribution in [2.75, 3.05) is 43.6 Å². The van der Waals surface area contributed by atoms with Crippen LogP contribution >= 0.6 is 0 Å². The van der Waals surface area contributed by atoms with Gasteiger partial charge in [-0.15, -0.1) is 5.10 Å². The van der Waals surface area contributed by atoms with Gasteiger partial charge in [-0.2, -0.15) is 0 Å². The molecule has 1 saturated heterocycles. The first-order valence-electron chi connectivity index (χ1n) is 9.63. The van der Waals surface area contributed by atoms with Crippen LogP contribution in [0.25, 0.3) is 0 Å². The van der Waals surface area contributed by atoms with Gasteiger partial charge in [-0.3, -0.25) is 9.89 Å². The summed E-state index contributed by atoms with van der Waals surface area (Å²) < 4.78 is 16.6. The molecule has 1 aromatic carbocycles. The summed E-state index contributed by atoms with van der Waals surface area (Å²) in [6.07, 6.45) is 2.40. The lowest BCUT2D eigenvalue weighted by molar-refractivity contribution is -0.260. The van der Waals surface area contributed by atoms with Crippen LogP contribution in [0, 0.1) is 5.41 Å². The zero-order chi connectivity index (χ0) is 19.2. The fourth-order valence-electron chi connectivity index (χ4n) is 4.49. The van der Waals surface area contributed by atoms with Crippen LogP contribution in [0.4, 0.5) is 11.5 Å². The Hall–Kier alpha value is -2.58. The quantitative estimate of drug-likeness (QED) is 0.796. The number of nitrogens with one attached hydrogen (secondary N) is 2. The van der Waals surface area contributed by atoms with E-state index in [0.717, 1.165) is 51.3 Å². The number of rotatable bonds is 6. The minimum atomic E-state index is -0.266. The van der Waals surface area contributed by atoms with E-state index in [9.17, 15) is 4.79 Å². The number of aromatic amines is 1. The topological polar surface area (TPSA) is 88.7 Å². The number of benzene rings is 1. The Morgan fingerprint density at radius 1 is 1.21 bits per heavy atom. The number of amides is 1. The van der Waals surface area contributed by atoms with E-state index in [1.165, 1.54) is 0 Å². The van der Waals surface area contributed by atoms with E-state index in [-0.39, 0.29) is 16.9 Å². The van der Waals surface area contributed by atoms with Gasteiger partial charge in [-0.25, -0.2) is 0 Å². The number of H-pyrrole nitrogens is 1. The van der Waals surface area contributed by atoms with Gasteiger partial charge in [0, 0.05) is 32.0 Å². The van der Waals surface area contributed by atoms with Crippen LogP contribution in [0.5, 0.6) is 11.6 Å². The number of carbonyl (C=O) groups is 1. The van der Waals surface area contributed by atoms with Crippen LogP contribution in [0.3, 0.4) is 0 Å². The molecule has 2 heterocycles. The van der Waals surface area contributed by atoms with Crippen LogP contribution in [0.15, 0.2) is 30.3 Å². The lowest BCUT2D eigenvalue weighted by Crippen LogP contribution is -2.72. The number of ether oxygens (including phenoxy) is 3. The molecule has 28 heavy (non-hydrogen) atoms. The fourth-order valence-corrected chi connectivity index (χ4v) is 4.49. The normalized spacial score (nSPS) is 28.2. The maximum absolute atomic E-state index is 12.5. The summed E-state index contributed by atoms with van der Waals surface area (Å²) in [5.74, 6) is 1.68. The van der Waals surface area contributed by atoms with E-state index >= 15 is 0 Å². The zero-order valence-electron chi connectivity index (χ0n) is 15.9. The molecule has 2 N–H and O–H groups in total. The molecule has 6 rings (SSSR count). The van der Waals surface area contributed by atoms with Crippen molar-refractivity contribution < 1.29 is 19.0 Å². The van der Waals surface area contributed by atoms with Gasteiger partial charge in [0.2, 0.25) is 11.8 Å². The molecule has 0 atom stereocenters. The highest BCUT2D eigenvalue weighted by Gasteiger charge is 2.72. The molecule has 1 aliphatic heterocycles. The summed E-state index contributed by atoms with van der Waals surface area (Å²) in [6.45, 7) is 3.31. The monoisotopic (exact) mass is 384 g/mol. The maximum Gasteiger partial charge on any atom is 0.240 e. The number of anilines is 2. The van der Waals surface area contributed by atoms with Crippen molar-refractivity contribution in [2.24, 2.45) is 5.41 Å². The minimum absolute atomic E-state index is 0.0245. The third-order valence-electron chi connectivity index (χ3n) is 6.13. The summed E-state index contributed by atoms with van der Waals surface area (Å²) in [5.41, 5.74) is 0.836. The van der Waals surface area contributed by atoms with Crippen LogP contribution < -0.4 is 15.0 Å². The second kappa shape index (κ2) is 6.49. The smallest absolute Gasteiger partial charge is 0.240 e. The highest BCUT2D eigenvalue weighted by Crippen LogP contribution is 2.69. The predicted molar refractivity (Wildman–Crippen MR) is 103 cm³/mol. The first kappa shape index (κ1) is 17.5. The van der Waals surface area contributed by atoms with Gasteiger partial charge in [0.05, 0.1) is 24.2 Å². The first-order valence-corrected chi connectivity index (χ1v) is 9.63. The number of methoxy groups -OCH3 is 1. The molecule has 2 bridgehead atoms. The van der Waals surface area contributed by atoms with Gasteiger partial charge < -0.3 is 24.4 Å². The Labute approximate surface area is 163 Å². The molecule has 4 fully saturated rings. The summed E-state index contributed by atoms with van der Waals surface area (Å²) in [6, 6.07) is 9.60. The average Bonchev–Trinajstić information content (AvgIpc) is 3.08. The molecule has 8 heteroatoms. The Bertz CT molecular complexity index is 853. The number of morpholine rings is 1. The molecule has 8 nitrogen and oxygen atoms in total. The summed E-state index contributed by atoms with van der Waals surface area (Å²) in [4.78, 5) is 14.8. The molecule has 0 spiro atoms. The first-order chi connectivity index (χ1) is 13.6. The van der Waals surface area contributed by atoms with E-state index in [0.29, 0.717) is 17.4 Å². The highest BCUT2D eigenvalue weighted by atomic mass is 16.5. The van der Waals surface area contributed by atoms with Crippen molar-refractivity contribution in [2.45, 2.75) is 24.9 Å². The van der Waals surface area contributed by atoms with E-state index in [1.54, 1.807) is 13.2 Å². The number of hydrogen-bond donors (Lipinski definition) is 2. The predicted octanol–water partition coefficient (Wildman–Crippen LogP) is 2.55. The molecule has 2 aromatic rings. The Morgan fingerprint density at radius 3 is 2.61 bits per heavy atom. The van der Waals surface area contributed by atoms with Gasteiger partial charge in [0.15, 0.2) is 0 Å². The molecule has 0 radical (unpaired) electrons. The largest absolute Gasteiger partial charge is 0.437 e. The number of carbonyl (C=O) groups excluding carboxylic acids is 1. The molecule has 1 amide bonds. The number of hydrogen-bond acceptors (Lipinski definition) is 6. The third kappa shape index (κ3) is 2.93. The van der Waals surface area contributed by atoms with Crippen molar-refractivity contribution >= 4 is 17.4 Å². The zero-order valence-corrected chi connectivity index (χ0v) is 15.9. The van der Waals surface area contributed by atoms with Crippen molar-refractivity contribution in [3.63, 3.8) is 0 Å². The lowest BCUT2D eigenvalue weighted by Gasteiger charge is -2.67. The molecular weight excluding hydrogens is 360 g/mol. The lowest BCUT2D eigenvalue weighted by atomic mass is 9.40. The van der Waals surface area contributed by atoms with E-state index in [4.69, 9.17) is 14.2 Å². The molecule has 0 unspecified atom stereocenters. The maximum atomic E-state index is 12.5. The van der Waals surface area contributed by atoms with Gasteiger partial charge >= 0.3 is 0 Å². The van der Waals surface area contributed by atoms with Gasteiger partial charge in [0.25, 0.3) is 0 Å². The second-order valence-corrected chi connectivity index (χ2v) is 7.97. The van der Waals surface area contributed by atoms with Crippen molar-refractivity contribution in [1.29, 1.82) is 0 Å². The van der Waals surface area contributed by atoms with Crippen LogP contribution in [-0.2, 0) is 14.3 Å². The van der Waals surface area contributed by atoms with Crippen molar-refractivity contribution in [3.8, 4) is 11.6 Å². The fraction of sp³-hybridized carbons (Fsp3) is 0.500. The number of nitrogens with zero attached hydrogens (tertiary/aromatic N) is 2. The molecule has 3 aliphatic carbocycles. The van der Waals surface area contributed by atoms with E-state index < -0.39 is 0 Å². The highest BCUT2D eigenvalue weighted by molar-refractivity contribution is 5.97. The molecular formula is C20H24N4O4. The second-order valence-electron chi connectivity index (χ2n) is 7.97. The van der Waals surface area contributed by atoms with Crippen LogP contribution in [0.1, 0.15) is 19.3 Å². The number of aromatic nitrogens is 2. The molecule has 3 saturated carbocycles. The Balaban J connectivity index is 1.17.